The number of nitrogens with one attached hydrogen (secondary N) is 2. The molecule has 0 fully saturated rings. The second-order valence-electron chi connectivity index (χ2n) is 3.81. The maximum atomic E-state index is 5.12. The topological polar surface area (TPSA) is 33.3 Å². The molecule has 0 aliphatic rings. The average molecular weight is 222 g/mol. The Kier molecular flexibility index (Phi) is 6.61. The van der Waals surface area contributed by atoms with Crippen LogP contribution < -0.4 is 15.4 Å². The summed E-state index contributed by atoms with van der Waals surface area (Å²) in [6.07, 6.45) is 2.25. The Morgan fingerprint density at radius 3 is 2.44 bits per heavy atom. The molecule has 1 aromatic rings. The molecule has 0 aliphatic carbocycles. The summed E-state index contributed by atoms with van der Waals surface area (Å²) in [7, 11) is 3.68. The lowest BCUT2D eigenvalue weighted by molar-refractivity contribution is 0.414. The highest BCUT2D eigenvalue weighted by molar-refractivity contribution is 5.27. The van der Waals surface area contributed by atoms with Crippen LogP contribution in [-0.2, 0) is 6.42 Å². The largest absolute Gasteiger partial charge is 0.497 e. The molecule has 0 unspecified atom stereocenters. The third-order valence-electron chi connectivity index (χ3n) is 2.53. The zero-order valence-electron chi connectivity index (χ0n) is 10.3. The molecule has 0 saturated heterocycles. The predicted octanol–water partition coefficient (Wildman–Crippen LogP) is 1.44. The molecule has 2 N–H and O–H groups in total. The fourth-order valence-corrected chi connectivity index (χ4v) is 1.54. The Bertz CT molecular complexity index is 272. The van der Waals surface area contributed by atoms with Gasteiger partial charge in [-0.25, -0.2) is 0 Å². The number of rotatable bonds is 8. The van der Waals surface area contributed by atoms with Crippen LogP contribution in [0.3, 0.4) is 0 Å². The highest BCUT2D eigenvalue weighted by atomic mass is 16.5. The number of benzene rings is 1. The quantitative estimate of drug-likeness (QED) is 0.653. The molecule has 0 bridgehead atoms. The van der Waals surface area contributed by atoms with Crippen molar-refractivity contribution in [2.45, 2.75) is 12.8 Å². The van der Waals surface area contributed by atoms with Gasteiger partial charge in [-0.1, -0.05) is 12.1 Å². The van der Waals surface area contributed by atoms with Crippen LogP contribution in [0.2, 0.25) is 0 Å². The summed E-state index contributed by atoms with van der Waals surface area (Å²) in [5, 5.41) is 6.56. The molecule has 0 radical (unpaired) electrons. The Hall–Kier alpha value is -1.06. The summed E-state index contributed by atoms with van der Waals surface area (Å²) < 4.78 is 5.12. The van der Waals surface area contributed by atoms with E-state index < -0.39 is 0 Å². The van der Waals surface area contributed by atoms with Crippen molar-refractivity contribution in [3.63, 3.8) is 0 Å². The van der Waals surface area contributed by atoms with Crippen molar-refractivity contribution >= 4 is 0 Å². The van der Waals surface area contributed by atoms with Gasteiger partial charge in [0, 0.05) is 0 Å². The molecule has 1 rings (SSSR count). The molecule has 0 saturated carbocycles. The standard InChI is InChI=1S/C13H22N2O/c1-14-9-3-10-15-11-8-12-4-6-13(16-2)7-5-12/h4-7,14-15H,3,8-11H2,1-2H3. The zero-order valence-corrected chi connectivity index (χ0v) is 10.3. The molecule has 90 valence electrons. The van der Waals surface area contributed by atoms with Gasteiger partial charge in [-0.3, -0.25) is 0 Å². The monoisotopic (exact) mass is 222 g/mol. The summed E-state index contributed by atoms with van der Waals surface area (Å²) in [5.41, 5.74) is 1.35. The molecule has 1 aromatic carbocycles. The third-order valence-corrected chi connectivity index (χ3v) is 2.53. The van der Waals surface area contributed by atoms with Gasteiger partial charge in [0.05, 0.1) is 7.11 Å². The van der Waals surface area contributed by atoms with Crippen LogP contribution >= 0.6 is 0 Å². The Morgan fingerprint density at radius 1 is 1.06 bits per heavy atom. The van der Waals surface area contributed by atoms with E-state index >= 15 is 0 Å². The highest BCUT2D eigenvalue weighted by Crippen LogP contribution is 2.11. The van der Waals surface area contributed by atoms with E-state index in [0.29, 0.717) is 0 Å². The lowest BCUT2D eigenvalue weighted by Gasteiger charge is -2.05. The van der Waals surface area contributed by atoms with E-state index in [9.17, 15) is 0 Å². The normalized spacial score (nSPS) is 10.4. The Morgan fingerprint density at radius 2 is 1.81 bits per heavy atom. The van der Waals surface area contributed by atoms with E-state index in [-0.39, 0.29) is 0 Å². The first-order chi connectivity index (χ1) is 7.86. The minimum Gasteiger partial charge on any atom is -0.497 e. The van der Waals surface area contributed by atoms with Crippen LogP contribution in [0.25, 0.3) is 0 Å². The molecule has 0 heterocycles. The first kappa shape index (κ1) is 13.0. The van der Waals surface area contributed by atoms with Gasteiger partial charge in [0.2, 0.25) is 0 Å². The highest BCUT2D eigenvalue weighted by Gasteiger charge is 1.94. The predicted molar refractivity (Wildman–Crippen MR) is 68.1 cm³/mol. The maximum absolute atomic E-state index is 5.12. The molecule has 0 aliphatic heterocycles. The summed E-state index contributed by atoms with van der Waals surface area (Å²) >= 11 is 0. The van der Waals surface area contributed by atoms with Gasteiger partial charge >= 0.3 is 0 Å². The smallest absolute Gasteiger partial charge is 0.118 e. The molecule has 0 spiro atoms. The zero-order chi connectivity index (χ0) is 11.6. The second-order valence-corrected chi connectivity index (χ2v) is 3.81. The lowest BCUT2D eigenvalue weighted by Crippen LogP contribution is -2.21. The van der Waals surface area contributed by atoms with Gasteiger partial charge in [-0.2, -0.15) is 0 Å². The van der Waals surface area contributed by atoms with Gasteiger partial charge in [0.25, 0.3) is 0 Å². The number of hydrogen-bond donors (Lipinski definition) is 2. The SMILES string of the molecule is CNCCCNCCc1ccc(OC)cc1. The van der Waals surface area contributed by atoms with Crippen molar-refractivity contribution in [1.29, 1.82) is 0 Å². The maximum Gasteiger partial charge on any atom is 0.118 e. The minimum absolute atomic E-state index is 0.922. The molecule has 3 heteroatoms. The van der Waals surface area contributed by atoms with E-state index in [1.807, 2.05) is 19.2 Å². The van der Waals surface area contributed by atoms with Crippen LogP contribution in [0, 0.1) is 0 Å². The van der Waals surface area contributed by atoms with E-state index in [1.54, 1.807) is 7.11 Å². The van der Waals surface area contributed by atoms with Crippen LogP contribution in [0.5, 0.6) is 5.75 Å². The van der Waals surface area contributed by atoms with Crippen molar-refractivity contribution in [3.8, 4) is 5.75 Å². The molecule has 16 heavy (non-hydrogen) atoms. The van der Waals surface area contributed by atoms with Crippen molar-refractivity contribution in [2.75, 3.05) is 33.8 Å². The Labute approximate surface area is 98.2 Å². The average Bonchev–Trinajstić information content (AvgIpc) is 2.34. The summed E-state index contributed by atoms with van der Waals surface area (Å²) in [5.74, 6) is 0.922. The summed E-state index contributed by atoms with van der Waals surface area (Å²) in [4.78, 5) is 0. The van der Waals surface area contributed by atoms with E-state index in [0.717, 1.165) is 31.8 Å². The number of ether oxygens (including phenoxy) is 1. The van der Waals surface area contributed by atoms with Crippen LogP contribution in [0.15, 0.2) is 24.3 Å². The first-order valence-corrected chi connectivity index (χ1v) is 5.85. The minimum atomic E-state index is 0.922. The van der Waals surface area contributed by atoms with Crippen LogP contribution in [-0.4, -0.2) is 33.8 Å². The van der Waals surface area contributed by atoms with Gasteiger partial charge < -0.3 is 15.4 Å². The van der Waals surface area contributed by atoms with Gasteiger partial charge in [-0.15, -0.1) is 0 Å². The molecular weight excluding hydrogens is 200 g/mol. The van der Waals surface area contributed by atoms with E-state index in [4.69, 9.17) is 4.74 Å². The molecule has 0 amide bonds. The summed E-state index contributed by atoms with van der Waals surface area (Å²) in [6.45, 7) is 3.20. The Balaban J connectivity index is 2.12. The van der Waals surface area contributed by atoms with Gasteiger partial charge in [0.1, 0.15) is 5.75 Å². The van der Waals surface area contributed by atoms with Gasteiger partial charge in [0.15, 0.2) is 0 Å². The molecule has 0 atom stereocenters. The second kappa shape index (κ2) is 8.13. The summed E-state index contributed by atoms with van der Waals surface area (Å²) in [6, 6.07) is 8.26. The van der Waals surface area contributed by atoms with Crippen LogP contribution in [0.4, 0.5) is 0 Å². The fourth-order valence-electron chi connectivity index (χ4n) is 1.54. The first-order valence-electron chi connectivity index (χ1n) is 5.85. The molecular formula is C13H22N2O. The lowest BCUT2D eigenvalue weighted by atomic mass is 10.1. The number of methoxy groups -OCH3 is 1. The van der Waals surface area contributed by atoms with Crippen molar-refractivity contribution in [3.05, 3.63) is 29.8 Å². The van der Waals surface area contributed by atoms with Crippen molar-refractivity contribution in [2.24, 2.45) is 0 Å². The molecule has 0 aromatic heterocycles. The van der Waals surface area contributed by atoms with Gasteiger partial charge in [-0.05, 0) is 57.2 Å². The molecule has 3 nitrogen and oxygen atoms in total. The van der Waals surface area contributed by atoms with E-state index in [2.05, 4.69) is 22.8 Å². The van der Waals surface area contributed by atoms with Crippen molar-refractivity contribution in [1.82, 2.24) is 10.6 Å². The van der Waals surface area contributed by atoms with E-state index in [1.165, 1.54) is 12.0 Å². The van der Waals surface area contributed by atoms with Crippen molar-refractivity contribution < 1.29 is 4.74 Å². The number of hydrogen-bond acceptors (Lipinski definition) is 3. The fraction of sp³-hybridized carbons (Fsp3) is 0.538. The van der Waals surface area contributed by atoms with Crippen LogP contribution in [0.1, 0.15) is 12.0 Å². The third kappa shape index (κ3) is 5.14.